The number of hydrogen-bond acceptors (Lipinski definition) is 1. The first kappa shape index (κ1) is 7.08. The van der Waals surface area contributed by atoms with E-state index in [4.69, 9.17) is 0 Å². The molecular weight excluding hydrogens is 136 g/mol. The van der Waals surface area contributed by atoms with Crippen molar-refractivity contribution in [1.82, 2.24) is 0 Å². The van der Waals surface area contributed by atoms with Crippen LogP contribution >= 0.6 is 0 Å². The molecule has 0 spiro atoms. The lowest BCUT2D eigenvalue weighted by Crippen LogP contribution is -2.20. The molecule has 0 radical (unpaired) electrons. The number of ketones is 1. The van der Waals surface area contributed by atoms with E-state index in [1.165, 1.54) is 0 Å². The Kier molecular flexibility index (Phi) is 1.26. The second kappa shape index (κ2) is 1.96. The van der Waals surface area contributed by atoms with Gasteiger partial charge in [-0.05, 0) is 17.8 Å². The first-order chi connectivity index (χ1) is 5.11. The van der Waals surface area contributed by atoms with Gasteiger partial charge in [0.25, 0.3) is 0 Å². The van der Waals surface area contributed by atoms with E-state index in [2.05, 4.69) is 26.0 Å². The molecule has 0 amide bonds. The zero-order valence-electron chi connectivity index (χ0n) is 7.13. The zero-order valence-corrected chi connectivity index (χ0v) is 7.13. The van der Waals surface area contributed by atoms with Gasteiger partial charge in [0.1, 0.15) is 5.78 Å². The van der Waals surface area contributed by atoms with Crippen LogP contribution in [0, 0.1) is 17.3 Å². The number of Topliss-reactive ketones (excluding diaryl/α,β-unsaturated/α-hetero) is 1. The van der Waals surface area contributed by atoms with Crippen LogP contribution in [-0.2, 0) is 4.79 Å². The Morgan fingerprint density at radius 2 is 2.27 bits per heavy atom. The summed E-state index contributed by atoms with van der Waals surface area (Å²) in [5.74, 6) is 1.33. The molecule has 0 aliphatic heterocycles. The Morgan fingerprint density at radius 3 is 2.91 bits per heavy atom. The number of fused-ring (bicyclic) bond motifs is 1. The fraction of sp³-hybridized carbons (Fsp3) is 0.700. The summed E-state index contributed by atoms with van der Waals surface area (Å²) in [7, 11) is 0. The fourth-order valence-corrected chi connectivity index (χ4v) is 2.42. The maximum absolute atomic E-state index is 11.3. The highest BCUT2D eigenvalue weighted by atomic mass is 16.1. The quantitative estimate of drug-likeness (QED) is 0.484. The summed E-state index contributed by atoms with van der Waals surface area (Å²) in [5, 5.41) is 0. The van der Waals surface area contributed by atoms with Crippen molar-refractivity contribution in [1.29, 1.82) is 0 Å². The highest BCUT2D eigenvalue weighted by Crippen LogP contribution is 2.48. The van der Waals surface area contributed by atoms with E-state index in [1.54, 1.807) is 0 Å². The predicted molar refractivity (Wildman–Crippen MR) is 44.1 cm³/mol. The molecule has 1 heteroatoms. The van der Waals surface area contributed by atoms with E-state index in [9.17, 15) is 4.79 Å². The Balaban J connectivity index is 2.30. The second-order valence-corrected chi connectivity index (χ2v) is 4.32. The molecule has 1 saturated carbocycles. The van der Waals surface area contributed by atoms with Gasteiger partial charge in [-0.1, -0.05) is 26.0 Å². The molecule has 60 valence electrons. The van der Waals surface area contributed by atoms with Crippen molar-refractivity contribution in [2.45, 2.75) is 26.7 Å². The van der Waals surface area contributed by atoms with Gasteiger partial charge in [0.2, 0.25) is 0 Å². The standard InChI is InChI=1S/C10H14O/c1-10(2)6-5-7-8(10)3-4-9(7)11/h5-8H,3-4H2,1-2H3. The topological polar surface area (TPSA) is 17.1 Å². The summed E-state index contributed by atoms with van der Waals surface area (Å²) in [4.78, 5) is 11.3. The van der Waals surface area contributed by atoms with Crippen LogP contribution in [0.25, 0.3) is 0 Å². The maximum Gasteiger partial charge on any atom is 0.140 e. The van der Waals surface area contributed by atoms with E-state index < -0.39 is 0 Å². The normalized spacial score (nSPS) is 39.6. The minimum Gasteiger partial charge on any atom is -0.299 e. The van der Waals surface area contributed by atoms with Crippen LogP contribution in [0.5, 0.6) is 0 Å². The lowest BCUT2D eigenvalue weighted by molar-refractivity contribution is -0.120. The molecule has 11 heavy (non-hydrogen) atoms. The first-order valence-electron chi connectivity index (χ1n) is 4.33. The third-order valence-corrected chi connectivity index (χ3v) is 3.20. The number of carbonyl (C=O) groups is 1. The van der Waals surface area contributed by atoms with Crippen molar-refractivity contribution in [2.75, 3.05) is 0 Å². The summed E-state index contributed by atoms with van der Waals surface area (Å²) < 4.78 is 0. The SMILES string of the molecule is CC1(C)C=CC2C(=O)CCC21. The van der Waals surface area contributed by atoms with Crippen molar-refractivity contribution in [2.24, 2.45) is 17.3 Å². The molecule has 0 aromatic carbocycles. The van der Waals surface area contributed by atoms with Crippen molar-refractivity contribution >= 4 is 5.78 Å². The molecule has 2 rings (SSSR count). The fourth-order valence-electron chi connectivity index (χ4n) is 2.42. The lowest BCUT2D eigenvalue weighted by atomic mass is 9.79. The van der Waals surface area contributed by atoms with Crippen molar-refractivity contribution < 1.29 is 4.79 Å². The monoisotopic (exact) mass is 150 g/mol. The lowest BCUT2D eigenvalue weighted by Gasteiger charge is -2.24. The van der Waals surface area contributed by atoms with Crippen molar-refractivity contribution in [3.05, 3.63) is 12.2 Å². The largest absolute Gasteiger partial charge is 0.299 e. The Bertz CT molecular complexity index is 225. The van der Waals surface area contributed by atoms with E-state index in [0.29, 0.717) is 11.7 Å². The molecule has 0 heterocycles. The van der Waals surface area contributed by atoms with Crippen LogP contribution in [0.3, 0.4) is 0 Å². The molecule has 0 saturated heterocycles. The molecule has 2 aliphatic rings. The van der Waals surface area contributed by atoms with Crippen LogP contribution in [0.1, 0.15) is 26.7 Å². The van der Waals surface area contributed by atoms with E-state index in [1.807, 2.05) is 0 Å². The van der Waals surface area contributed by atoms with Gasteiger partial charge < -0.3 is 0 Å². The maximum atomic E-state index is 11.3. The summed E-state index contributed by atoms with van der Waals surface area (Å²) in [6.45, 7) is 4.46. The number of rotatable bonds is 0. The molecule has 0 aromatic rings. The summed E-state index contributed by atoms with van der Waals surface area (Å²) in [6.07, 6.45) is 6.23. The van der Waals surface area contributed by atoms with Gasteiger partial charge >= 0.3 is 0 Å². The van der Waals surface area contributed by atoms with Crippen LogP contribution in [0.15, 0.2) is 12.2 Å². The van der Waals surface area contributed by atoms with Gasteiger partial charge in [0.15, 0.2) is 0 Å². The minimum absolute atomic E-state index is 0.269. The molecule has 1 nitrogen and oxygen atoms in total. The predicted octanol–water partition coefficient (Wildman–Crippen LogP) is 2.18. The van der Waals surface area contributed by atoms with E-state index in [-0.39, 0.29) is 11.3 Å². The van der Waals surface area contributed by atoms with Gasteiger partial charge in [-0.15, -0.1) is 0 Å². The van der Waals surface area contributed by atoms with Gasteiger partial charge in [-0.3, -0.25) is 4.79 Å². The third-order valence-electron chi connectivity index (χ3n) is 3.20. The molecule has 2 atom stereocenters. The van der Waals surface area contributed by atoms with Crippen molar-refractivity contribution in [3.8, 4) is 0 Å². The van der Waals surface area contributed by atoms with Crippen molar-refractivity contribution in [3.63, 3.8) is 0 Å². The Hall–Kier alpha value is -0.590. The molecule has 2 unspecified atom stereocenters. The van der Waals surface area contributed by atoms with Gasteiger partial charge in [-0.25, -0.2) is 0 Å². The minimum atomic E-state index is 0.269. The average Bonchev–Trinajstić information content (AvgIpc) is 2.39. The van der Waals surface area contributed by atoms with Gasteiger partial charge in [0, 0.05) is 12.3 Å². The molecule has 0 aromatic heterocycles. The highest BCUT2D eigenvalue weighted by Gasteiger charge is 2.44. The smallest absolute Gasteiger partial charge is 0.140 e. The Labute approximate surface area is 67.5 Å². The van der Waals surface area contributed by atoms with Gasteiger partial charge in [0.05, 0.1) is 0 Å². The summed E-state index contributed by atoms with van der Waals surface area (Å²) in [6, 6.07) is 0. The summed E-state index contributed by atoms with van der Waals surface area (Å²) >= 11 is 0. The zero-order chi connectivity index (χ0) is 8.06. The number of hydrogen-bond donors (Lipinski definition) is 0. The number of allylic oxidation sites excluding steroid dienone is 2. The van der Waals surface area contributed by atoms with Crippen LogP contribution in [0.2, 0.25) is 0 Å². The average molecular weight is 150 g/mol. The summed E-state index contributed by atoms with van der Waals surface area (Å²) in [5.41, 5.74) is 0.275. The first-order valence-corrected chi connectivity index (χ1v) is 4.33. The second-order valence-electron chi connectivity index (χ2n) is 4.32. The van der Waals surface area contributed by atoms with E-state index in [0.717, 1.165) is 12.8 Å². The highest BCUT2D eigenvalue weighted by molar-refractivity contribution is 5.85. The molecule has 1 fully saturated rings. The van der Waals surface area contributed by atoms with Crippen LogP contribution in [-0.4, -0.2) is 5.78 Å². The molecular formula is C10H14O. The van der Waals surface area contributed by atoms with Gasteiger partial charge in [-0.2, -0.15) is 0 Å². The molecule has 0 N–H and O–H groups in total. The molecule has 2 aliphatic carbocycles. The van der Waals surface area contributed by atoms with Crippen LogP contribution in [0.4, 0.5) is 0 Å². The molecule has 0 bridgehead atoms. The number of carbonyl (C=O) groups excluding carboxylic acids is 1. The van der Waals surface area contributed by atoms with E-state index >= 15 is 0 Å². The van der Waals surface area contributed by atoms with Crippen LogP contribution < -0.4 is 0 Å². The Morgan fingerprint density at radius 1 is 1.55 bits per heavy atom. The third kappa shape index (κ3) is 0.867.